The summed E-state index contributed by atoms with van der Waals surface area (Å²) in [6.45, 7) is 1.88. The number of carbonyl (C=O) groups is 2. The molecule has 2 aromatic carbocycles. The predicted octanol–water partition coefficient (Wildman–Crippen LogP) is 7.69. The maximum atomic E-state index is 13.7. The van der Waals surface area contributed by atoms with Crippen molar-refractivity contribution in [3.05, 3.63) is 100 Å². The molecule has 240 valence electrons. The van der Waals surface area contributed by atoms with Gasteiger partial charge in [-0.15, -0.1) is 0 Å². The van der Waals surface area contributed by atoms with E-state index in [1.54, 1.807) is 36.5 Å². The van der Waals surface area contributed by atoms with Crippen LogP contribution < -0.4 is 4.90 Å². The van der Waals surface area contributed by atoms with Crippen LogP contribution in [0.4, 0.5) is 32.0 Å². The number of para-hydroxylation sites is 1. The molecular weight excluding hydrogens is 614 g/mol. The highest BCUT2D eigenvalue weighted by atomic mass is 19.4. The van der Waals surface area contributed by atoms with Gasteiger partial charge in [0, 0.05) is 17.7 Å². The van der Waals surface area contributed by atoms with E-state index in [2.05, 4.69) is 4.98 Å². The molecule has 2 fully saturated rings. The minimum absolute atomic E-state index is 0.0341. The van der Waals surface area contributed by atoms with E-state index in [1.165, 1.54) is 0 Å². The molecule has 0 bridgehead atoms. The SMILES string of the molecule is CC1=C2[C@@H](CC/C(=C/c3ccccc3O)c3ccccn3)OC[C@@H]2[C@@H]2C(=O)N(c3cc(C(F)(F)F)cc(C(F)(F)F)c3)C(=O)[C@@H]2C1. The zero-order chi connectivity index (χ0) is 33.0. The highest BCUT2D eigenvalue weighted by molar-refractivity contribution is 6.22. The number of aromatic hydroxyl groups is 1. The number of carbonyl (C=O) groups excluding carboxylic acids is 2. The van der Waals surface area contributed by atoms with Crippen LogP contribution in [0.5, 0.6) is 5.75 Å². The van der Waals surface area contributed by atoms with Gasteiger partial charge in [0.2, 0.25) is 11.8 Å². The molecule has 2 saturated heterocycles. The van der Waals surface area contributed by atoms with Gasteiger partial charge < -0.3 is 9.84 Å². The summed E-state index contributed by atoms with van der Waals surface area (Å²) < 4.78 is 87.5. The highest BCUT2D eigenvalue weighted by Crippen LogP contribution is 2.51. The third kappa shape index (κ3) is 5.81. The second kappa shape index (κ2) is 11.7. The van der Waals surface area contributed by atoms with Crippen molar-refractivity contribution in [2.45, 2.75) is 44.6 Å². The molecule has 0 saturated carbocycles. The Hall–Kier alpha value is -4.45. The highest BCUT2D eigenvalue weighted by Gasteiger charge is 2.57. The van der Waals surface area contributed by atoms with Gasteiger partial charge in [-0.2, -0.15) is 26.3 Å². The van der Waals surface area contributed by atoms with E-state index < -0.39 is 64.8 Å². The number of allylic oxidation sites excluding steroid dienone is 2. The molecule has 0 unspecified atom stereocenters. The molecule has 1 aromatic heterocycles. The second-order valence-corrected chi connectivity index (χ2v) is 11.8. The molecule has 6 nitrogen and oxygen atoms in total. The van der Waals surface area contributed by atoms with Crippen LogP contribution in [0.2, 0.25) is 0 Å². The van der Waals surface area contributed by atoms with Crippen molar-refractivity contribution < 1.29 is 45.8 Å². The fourth-order valence-corrected chi connectivity index (χ4v) is 6.86. The Labute approximate surface area is 260 Å². The number of amides is 2. The zero-order valence-corrected chi connectivity index (χ0v) is 24.4. The summed E-state index contributed by atoms with van der Waals surface area (Å²) in [7, 11) is 0. The summed E-state index contributed by atoms with van der Waals surface area (Å²) in [6.07, 6.45) is -6.15. The third-order valence-corrected chi connectivity index (χ3v) is 8.92. The minimum Gasteiger partial charge on any atom is -0.507 e. The van der Waals surface area contributed by atoms with Gasteiger partial charge in [-0.1, -0.05) is 29.8 Å². The number of alkyl halides is 6. The average molecular weight is 643 g/mol. The number of phenols is 1. The van der Waals surface area contributed by atoms with Gasteiger partial charge in [0.05, 0.1) is 47.1 Å². The molecule has 3 aliphatic rings. The summed E-state index contributed by atoms with van der Waals surface area (Å²) in [5.74, 6) is -4.03. The number of ether oxygens (including phenoxy) is 1. The van der Waals surface area contributed by atoms with Crippen molar-refractivity contribution in [3.8, 4) is 5.75 Å². The third-order valence-electron chi connectivity index (χ3n) is 8.92. The molecule has 3 aromatic rings. The van der Waals surface area contributed by atoms with Crippen molar-refractivity contribution in [3.63, 3.8) is 0 Å². The van der Waals surface area contributed by atoms with Gasteiger partial charge in [0.15, 0.2) is 0 Å². The number of nitrogens with zero attached hydrogens (tertiary/aromatic N) is 2. The van der Waals surface area contributed by atoms with Crippen LogP contribution in [0.3, 0.4) is 0 Å². The van der Waals surface area contributed by atoms with Crippen LogP contribution in [-0.2, 0) is 26.7 Å². The normalized spacial score (nSPS) is 23.6. The summed E-state index contributed by atoms with van der Waals surface area (Å²) in [6, 6.07) is 13.1. The first kappa shape index (κ1) is 31.5. The maximum absolute atomic E-state index is 13.7. The number of imide groups is 1. The molecule has 2 amide bonds. The number of rotatable bonds is 6. The van der Waals surface area contributed by atoms with Gasteiger partial charge in [-0.05, 0) is 79.8 Å². The van der Waals surface area contributed by atoms with E-state index in [1.807, 2.05) is 25.1 Å². The van der Waals surface area contributed by atoms with Crippen LogP contribution in [0.1, 0.15) is 48.6 Å². The van der Waals surface area contributed by atoms with E-state index >= 15 is 0 Å². The van der Waals surface area contributed by atoms with Gasteiger partial charge in [0.1, 0.15) is 5.75 Å². The number of fused-ring (bicyclic) bond motifs is 3. The largest absolute Gasteiger partial charge is 0.507 e. The first-order valence-electron chi connectivity index (χ1n) is 14.6. The zero-order valence-electron chi connectivity index (χ0n) is 24.4. The standard InChI is InChI=1S/C34H28F6N2O4/c1-18-12-24-30(32(45)42(31(24)44)23-15-21(33(35,36)37)14-22(16-23)34(38,39)40)25-17-46-28(29(18)25)10-9-19(26-7-4-5-11-41-26)13-20-6-2-3-8-27(20)43/h2-8,11,13-16,24-25,28,30,43H,9-10,12,17H2,1H3/b19-13-/t24-,25+,28-,30-/m1/s1. The van der Waals surface area contributed by atoms with Crippen LogP contribution in [0.15, 0.2) is 78.0 Å². The number of hydrogen-bond acceptors (Lipinski definition) is 5. The lowest BCUT2D eigenvalue weighted by atomic mass is 9.70. The minimum atomic E-state index is -5.13. The number of halogens is 6. The average Bonchev–Trinajstić information content (AvgIpc) is 3.54. The Kier molecular flexibility index (Phi) is 8.04. The second-order valence-electron chi connectivity index (χ2n) is 11.8. The first-order valence-corrected chi connectivity index (χ1v) is 14.6. The molecule has 6 rings (SSSR count). The fourth-order valence-electron chi connectivity index (χ4n) is 6.86. The van der Waals surface area contributed by atoms with Gasteiger partial charge in [-0.25, -0.2) is 4.90 Å². The Balaban J connectivity index is 1.28. The van der Waals surface area contributed by atoms with Gasteiger partial charge in [0.25, 0.3) is 0 Å². The smallest absolute Gasteiger partial charge is 0.416 e. The lowest BCUT2D eigenvalue weighted by Crippen LogP contribution is -2.34. The fraction of sp³-hybridized carbons (Fsp3) is 0.324. The van der Waals surface area contributed by atoms with E-state index in [-0.39, 0.29) is 24.8 Å². The molecule has 12 heteroatoms. The topological polar surface area (TPSA) is 79.7 Å². The number of phenolic OH excluding ortho intramolecular Hbond substituents is 1. The van der Waals surface area contributed by atoms with Gasteiger partial charge >= 0.3 is 12.4 Å². The molecule has 1 N–H and O–H groups in total. The quantitative estimate of drug-likeness (QED) is 0.170. The van der Waals surface area contributed by atoms with Crippen LogP contribution in [0.25, 0.3) is 11.6 Å². The number of hydrogen-bond donors (Lipinski definition) is 1. The maximum Gasteiger partial charge on any atom is 0.416 e. The Morgan fingerprint density at radius 3 is 2.26 bits per heavy atom. The molecule has 3 heterocycles. The number of benzene rings is 2. The first-order chi connectivity index (χ1) is 21.7. The van der Waals surface area contributed by atoms with Crippen molar-refractivity contribution >= 4 is 29.2 Å². The van der Waals surface area contributed by atoms with Crippen molar-refractivity contribution in [2.75, 3.05) is 11.5 Å². The Morgan fingerprint density at radius 1 is 0.957 bits per heavy atom. The predicted molar refractivity (Wildman–Crippen MR) is 156 cm³/mol. The molecule has 0 radical (unpaired) electrons. The molecule has 0 spiro atoms. The van der Waals surface area contributed by atoms with Crippen LogP contribution in [0, 0.1) is 17.8 Å². The summed E-state index contributed by atoms with van der Waals surface area (Å²) in [5, 5.41) is 10.4. The lowest BCUT2D eigenvalue weighted by Gasteiger charge is -2.30. The van der Waals surface area contributed by atoms with Crippen molar-refractivity contribution in [2.24, 2.45) is 17.8 Å². The van der Waals surface area contributed by atoms with Gasteiger partial charge in [-0.3, -0.25) is 14.6 Å². The summed E-state index contributed by atoms with van der Waals surface area (Å²) in [4.78, 5) is 32.2. The van der Waals surface area contributed by atoms with Crippen molar-refractivity contribution in [1.29, 1.82) is 0 Å². The van der Waals surface area contributed by atoms with Crippen LogP contribution >= 0.6 is 0 Å². The van der Waals surface area contributed by atoms with Crippen molar-refractivity contribution in [1.82, 2.24) is 4.98 Å². The monoisotopic (exact) mass is 642 g/mol. The number of aromatic nitrogens is 1. The summed E-state index contributed by atoms with van der Waals surface area (Å²) in [5.41, 5.74) is -0.211. The Bertz CT molecular complexity index is 1720. The summed E-state index contributed by atoms with van der Waals surface area (Å²) >= 11 is 0. The lowest BCUT2D eigenvalue weighted by molar-refractivity contribution is -0.143. The number of anilines is 1. The molecule has 4 atom stereocenters. The molecule has 46 heavy (non-hydrogen) atoms. The molecule has 2 aliphatic heterocycles. The van der Waals surface area contributed by atoms with E-state index in [0.717, 1.165) is 16.7 Å². The van der Waals surface area contributed by atoms with Crippen LogP contribution in [-0.4, -0.2) is 34.6 Å². The molecular formula is C34H28F6N2O4. The number of pyridine rings is 1. The van der Waals surface area contributed by atoms with E-state index in [9.17, 15) is 41.0 Å². The van der Waals surface area contributed by atoms with E-state index in [4.69, 9.17) is 4.74 Å². The molecule has 1 aliphatic carbocycles. The Morgan fingerprint density at radius 2 is 1.63 bits per heavy atom. The van der Waals surface area contributed by atoms with E-state index in [0.29, 0.717) is 41.1 Å².